The van der Waals surface area contributed by atoms with E-state index in [9.17, 15) is 9.59 Å². The lowest BCUT2D eigenvalue weighted by atomic mass is 9.96. The van der Waals surface area contributed by atoms with Crippen LogP contribution in [-0.2, 0) is 15.9 Å². The van der Waals surface area contributed by atoms with E-state index >= 15 is 0 Å². The number of ether oxygens (including phenoxy) is 2. The van der Waals surface area contributed by atoms with E-state index in [0.29, 0.717) is 23.0 Å². The molecule has 6 aromatic carbocycles. The highest BCUT2D eigenvalue weighted by Crippen LogP contribution is 2.41. The van der Waals surface area contributed by atoms with Gasteiger partial charge in [0.1, 0.15) is 9.75 Å². The molecule has 4 heterocycles. The van der Waals surface area contributed by atoms with Crippen LogP contribution in [0, 0.1) is 0 Å². The van der Waals surface area contributed by atoms with Crippen LogP contribution in [-0.4, -0.2) is 25.2 Å². The third-order valence-corrected chi connectivity index (χ3v) is 18.0. The Bertz CT molecular complexity index is 3240. The maximum absolute atomic E-state index is 12.9. The fraction of sp³-hybridized carbons (Fsp3) is 0.387. The Hall–Kier alpha value is -4.86. The van der Waals surface area contributed by atoms with Gasteiger partial charge in [-0.25, -0.2) is 9.59 Å². The van der Waals surface area contributed by atoms with E-state index < -0.39 is 0 Å². The minimum absolute atomic E-state index is 0.223. The molecule has 0 bridgehead atoms. The molecule has 4 nitrogen and oxygen atoms in total. The highest BCUT2D eigenvalue weighted by atomic mass is 32.1. The molecule has 0 saturated heterocycles. The number of aryl methyl sites for hydroxylation is 1. The summed E-state index contributed by atoms with van der Waals surface area (Å²) in [5.74, 6) is -0.445. The number of carbonyl (C=O) groups excluding carboxylic acids is 2. The summed E-state index contributed by atoms with van der Waals surface area (Å²) in [4.78, 5) is 28.7. The molecular formula is C62H68O4S4. The number of benzene rings is 6. The number of unbranched alkanes of at least 4 members (excludes halogenated alkanes) is 15. The molecule has 10 rings (SSSR count). The van der Waals surface area contributed by atoms with E-state index in [4.69, 9.17) is 9.47 Å². The molecule has 0 aliphatic carbocycles. The summed E-state index contributed by atoms with van der Waals surface area (Å²) in [7, 11) is 0. The summed E-state index contributed by atoms with van der Waals surface area (Å²) in [6, 6.07) is 26.6. The van der Waals surface area contributed by atoms with Gasteiger partial charge in [0.25, 0.3) is 0 Å². The number of rotatable bonds is 23. The van der Waals surface area contributed by atoms with Crippen LogP contribution < -0.4 is 0 Å². The second-order valence-electron chi connectivity index (χ2n) is 19.1. The van der Waals surface area contributed by atoms with Gasteiger partial charge in [0, 0.05) is 48.0 Å². The first-order valence-corrected chi connectivity index (χ1v) is 29.9. The van der Waals surface area contributed by atoms with Crippen LogP contribution in [0.4, 0.5) is 0 Å². The number of hydrogen-bond acceptors (Lipinski definition) is 8. The lowest BCUT2D eigenvalue weighted by molar-refractivity contribution is 0.0496. The molecule has 0 saturated carbocycles. The Morgan fingerprint density at radius 2 is 0.700 bits per heavy atom. The Labute approximate surface area is 430 Å². The molecule has 0 aliphatic rings. The number of esters is 2. The van der Waals surface area contributed by atoms with Crippen LogP contribution in [0.3, 0.4) is 0 Å². The second kappa shape index (κ2) is 24.5. The highest BCUT2D eigenvalue weighted by molar-refractivity contribution is 7.14. The average molecular weight is 1010 g/mol. The van der Waals surface area contributed by atoms with E-state index in [1.165, 1.54) is 162 Å². The second-order valence-corrected chi connectivity index (χ2v) is 22.6. The summed E-state index contributed by atoms with van der Waals surface area (Å²) in [6.45, 7) is 7.68. The van der Waals surface area contributed by atoms with Crippen molar-refractivity contribution in [3.05, 3.63) is 114 Å². The van der Waals surface area contributed by atoms with Crippen LogP contribution in [0.25, 0.3) is 86.2 Å². The van der Waals surface area contributed by atoms with Gasteiger partial charge < -0.3 is 9.47 Å². The van der Waals surface area contributed by atoms with Gasteiger partial charge >= 0.3 is 11.9 Å². The van der Waals surface area contributed by atoms with Gasteiger partial charge in [-0.3, -0.25) is 0 Å². The first-order valence-electron chi connectivity index (χ1n) is 26.3. The minimum atomic E-state index is -0.223. The van der Waals surface area contributed by atoms with Crippen LogP contribution in [0.5, 0.6) is 0 Å². The third-order valence-electron chi connectivity index (χ3n) is 14.3. The van der Waals surface area contributed by atoms with Gasteiger partial charge in [-0.1, -0.05) is 190 Å². The van der Waals surface area contributed by atoms with Crippen molar-refractivity contribution < 1.29 is 19.1 Å². The zero-order valence-corrected chi connectivity index (χ0v) is 44.7. The fourth-order valence-corrected chi connectivity index (χ4v) is 14.1. The van der Waals surface area contributed by atoms with E-state index in [-0.39, 0.29) is 11.9 Å². The zero-order valence-electron chi connectivity index (χ0n) is 41.4. The first-order chi connectivity index (χ1) is 34.5. The number of carbonyl (C=O) groups is 2. The van der Waals surface area contributed by atoms with Crippen LogP contribution in [0.15, 0.2) is 99.7 Å². The predicted molar refractivity (Wildman–Crippen MR) is 309 cm³/mol. The van der Waals surface area contributed by atoms with Crippen molar-refractivity contribution in [3.63, 3.8) is 0 Å². The lowest BCUT2D eigenvalue weighted by Gasteiger charge is -2.08. The Kier molecular flexibility index (Phi) is 17.5. The monoisotopic (exact) mass is 1000 g/mol. The van der Waals surface area contributed by atoms with Crippen molar-refractivity contribution >= 4 is 143 Å². The molecule has 4 aromatic heterocycles. The quantitative estimate of drug-likeness (QED) is 0.0364. The maximum Gasteiger partial charge on any atom is 0.348 e. The molecule has 0 fully saturated rings. The van der Waals surface area contributed by atoms with Crippen molar-refractivity contribution in [2.45, 2.75) is 143 Å². The van der Waals surface area contributed by atoms with Crippen molar-refractivity contribution in [3.8, 4) is 0 Å². The summed E-state index contributed by atoms with van der Waals surface area (Å²) < 4.78 is 11.3. The van der Waals surface area contributed by atoms with Gasteiger partial charge in [-0.15, -0.1) is 34.0 Å². The summed E-state index contributed by atoms with van der Waals surface area (Å²) >= 11 is 6.68. The van der Waals surface area contributed by atoms with Crippen LogP contribution >= 0.6 is 45.3 Å². The molecule has 8 heteroatoms. The normalized spacial score (nSPS) is 11.8. The lowest BCUT2D eigenvalue weighted by Crippen LogP contribution is -2.05. The zero-order chi connectivity index (χ0) is 48.2. The van der Waals surface area contributed by atoms with E-state index in [1.54, 1.807) is 16.2 Å². The van der Waals surface area contributed by atoms with E-state index in [1.807, 2.05) is 11.3 Å². The summed E-state index contributed by atoms with van der Waals surface area (Å²) in [5.41, 5.74) is 0. The third kappa shape index (κ3) is 11.1. The van der Waals surface area contributed by atoms with Crippen LogP contribution in [0.1, 0.15) is 161 Å². The molecule has 70 heavy (non-hydrogen) atoms. The van der Waals surface area contributed by atoms with Gasteiger partial charge in [-0.2, -0.15) is 11.3 Å². The largest absolute Gasteiger partial charge is 0.461 e. The van der Waals surface area contributed by atoms with Gasteiger partial charge in [0.15, 0.2) is 0 Å². The standard InChI is InChI=1S/C36H42O4S2.C26H26S2/c1-3-5-7-9-11-13-21-39-35(37)33-29-19-17-25-26-18-20-30-32(28(26)16-15-27(25)31(29)23-41-33)24-42-34(30)36(38)40-22-14-12-10-8-6-4-2;1-2-3-4-5-6-7-8-26-23-14-13-20-19-10-9-18-15-27-16-24(18)21(19)11-12-22(20)25(23)17-28-26/h15-20,23-24H,3-14,21-22H2,1-2H3;9-17H,2-8H2,1H3. The predicted octanol–water partition coefficient (Wildman–Crippen LogP) is 20.8. The molecule has 0 atom stereocenters. The Balaban J connectivity index is 0.000000188. The Morgan fingerprint density at radius 1 is 0.343 bits per heavy atom. The van der Waals surface area contributed by atoms with Crippen molar-refractivity contribution in [1.29, 1.82) is 0 Å². The topological polar surface area (TPSA) is 52.6 Å². The number of hydrogen-bond donors (Lipinski definition) is 0. The summed E-state index contributed by atoms with van der Waals surface area (Å²) in [6.07, 6.45) is 23.4. The van der Waals surface area contributed by atoms with E-state index in [2.05, 4.69) is 120 Å². The number of thiophene rings is 4. The van der Waals surface area contributed by atoms with Crippen molar-refractivity contribution in [2.24, 2.45) is 0 Å². The molecule has 0 spiro atoms. The molecule has 0 amide bonds. The van der Waals surface area contributed by atoms with Gasteiger partial charge in [0.05, 0.1) is 13.2 Å². The SMILES string of the molecule is CCCCCCCCOC(=O)c1scc2c1ccc1c2ccc2c3csc(C(=O)OCCCCCCCC)c3ccc21.CCCCCCCCc1scc2c1ccc1c2ccc2c3cscc3ccc21. The van der Waals surface area contributed by atoms with Gasteiger partial charge in [0.2, 0.25) is 0 Å². The molecule has 364 valence electrons. The van der Waals surface area contributed by atoms with Crippen LogP contribution in [0.2, 0.25) is 0 Å². The number of fused-ring (bicyclic) bond motifs is 14. The first kappa shape index (κ1) is 50.1. The van der Waals surface area contributed by atoms with Crippen molar-refractivity contribution in [1.82, 2.24) is 0 Å². The van der Waals surface area contributed by atoms with E-state index in [0.717, 1.165) is 68.8 Å². The molecule has 0 unspecified atom stereocenters. The Morgan fingerprint density at radius 3 is 1.19 bits per heavy atom. The molecule has 0 aliphatic heterocycles. The van der Waals surface area contributed by atoms with Gasteiger partial charge in [-0.05, 0) is 95.7 Å². The molecule has 10 aromatic rings. The molecular weight excluding hydrogens is 937 g/mol. The molecule has 0 radical (unpaired) electrons. The minimum Gasteiger partial charge on any atom is -0.461 e. The fourth-order valence-electron chi connectivity index (χ4n) is 10.3. The molecule has 0 N–H and O–H groups in total. The highest BCUT2D eigenvalue weighted by Gasteiger charge is 2.20. The average Bonchev–Trinajstić information content (AvgIpc) is 4.23. The van der Waals surface area contributed by atoms with Crippen molar-refractivity contribution in [2.75, 3.05) is 13.2 Å². The smallest absolute Gasteiger partial charge is 0.348 e. The summed E-state index contributed by atoms with van der Waals surface area (Å²) in [5, 5.41) is 30.9. The maximum atomic E-state index is 12.9.